The van der Waals surface area contributed by atoms with Gasteiger partial charge in [-0.2, -0.15) is 0 Å². The molecule has 13 heavy (non-hydrogen) atoms. The summed E-state index contributed by atoms with van der Waals surface area (Å²) in [5.74, 6) is 0. The van der Waals surface area contributed by atoms with Crippen molar-refractivity contribution < 1.29 is 8.78 Å². The van der Waals surface area contributed by atoms with Gasteiger partial charge >= 0.3 is 0 Å². The molecule has 1 aromatic rings. The molecule has 2 N–H and O–H groups in total. The van der Waals surface area contributed by atoms with Gasteiger partial charge in [0, 0.05) is 22.2 Å². The molecule has 0 atom stereocenters. The van der Waals surface area contributed by atoms with Crippen molar-refractivity contribution in [1.29, 1.82) is 0 Å². The van der Waals surface area contributed by atoms with E-state index in [0.717, 1.165) is 0 Å². The van der Waals surface area contributed by atoms with Crippen molar-refractivity contribution in [3.8, 4) is 0 Å². The highest BCUT2D eigenvalue weighted by molar-refractivity contribution is 6.35. The van der Waals surface area contributed by atoms with E-state index in [2.05, 4.69) is 0 Å². The Balaban J connectivity index is 3.29. The molecule has 1 rings (SSSR count). The van der Waals surface area contributed by atoms with Gasteiger partial charge in [-0.25, -0.2) is 8.78 Å². The summed E-state index contributed by atoms with van der Waals surface area (Å²) in [6.07, 6.45) is -2.60. The average Bonchev–Trinajstić information content (AvgIpc) is 2.02. The first-order chi connectivity index (χ1) is 6.06. The lowest BCUT2D eigenvalue weighted by molar-refractivity contribution is 0.150. The largest absolute Gasteiger partial charge is 0.326 e. The standard InChI is InChI=1S/C8H7Cl2F2N/c9-4-1-5(8(11)12)6(3-13)7(10)2-4/h1-2,8H,3,13H2. The Morgan fingerprint density at radius 2 is 1.92 bits per heavy atom. The van der Waals surface area contributed by atoms with Crippen LogP contribution in [-0.2, 0) is 6.54 Å². The second-order valence-electron chi connectivity index (χ2n) is 2.46. The second kappa shape index (κ2) is 4.22. The zero-order valence-electron chi connectivity index (χ0n) is 6.53. The Kier molecular flexibility index (Phi) is 3.47. The van der Waals surface area contributed by atoms with Gasteiger partial charge in [0.05, 0.1) is 0 Å². The molecule has 0 bridgehead atoms. The maximum atomic E-state index is 12.4. The van der Waals surface area contributed by atoms with Gasteiger partial charge < -0.3 is 5.73 Å². The van der Waals surface area contributed by atoms with Crippen LogP contribution in [0.25, 0.3) is 0 Å². The zero-order valence-corrected chi connectivity index (χ0v) is 8.04. The molecule has 0 aliphatic carbocycles. The molecule has 1 nitrogen and oxygen atoms in total. The summed E-state index contributed by atoms with van der Waals surface area (Å²) >= 11 is 11.2. The van der Waals surface area contributed by atoms with E-state index < -0.39 is 6.43 Å². The van der Waals surface area contributed by atoms with Crippen LogP contribution in [0.15, 0.2) is 12.1 Å². The summed E-state index contributed by atoms with van der Waals surface area (Å²) in [7, 11) is 0. The smallest absolute Gasteiger partial charge is 0.264 e. The number of alkyl halides is 2. The lowest BCUT2D eigenvalue weighted by Crippen LogP contribution is -2.03. The SMILES string of the molecule is NCc1c(Cl)cc(Cl)cc1C(F)F. The van der Waals surface area contributed by atoms with Crippen molar-refractivity contribution in [1.82, 2.24) is 0 Å². The number of benzene rings is 1. The third-order valence-corrected chi connectivity index (χ3v) is 2.19. The van der Waals surface area contributed by atoms with E-state index in [9.17, 15) is 8.78 Å². The maximum absolute atomic E-state index is 12.4. The van der Waals surface area contributed by atoms with Crippen LogP contribution in [0, 0.1) is 0 Å². The van der Waals surface area contributed by atoms with Gasteiger partial charge in [0.1, 0.15) is 0 Å². The normalized spacial score (nSPS) is 10.9. The van der Waals surface area contributed by atoms with Gasteiger partial charge in [0.2, 0.25) is 0 Å². The van der Waals surface area contributed by atoms with E-state index in [1.165, 1.54) is 12.1 Å². The van der Waals surface area contributed by atoms with Crippen LogP contribution >= 0.6 is 23.2 Å². The number of halogens is 4. The molecule has 0 aromatic heterocycles. The van der Waals surface area contributed by atoms with Gasteiger partial charge in [0.25, 0.3) is 6.43 Å². The molecule has 1 aromatic carbocycles. The fourth-order valence-corrected chi connectivity index (χ4v) is 1.62. The Bertz CT molecular complexity index is 315. The van der Waals surface area contributed by atoms with Crippen LogP contribution in [-0.4, -0.2) is 0 Å². The molecule has 72 valence electrons. The third-order valence-electron chi connectivity index (χ3n) is 1.63. The van der Waals surface area contributed by atoms with Gasteiger partial charge in [-0.3, -0.25) is 0 Å². The summed E-state index contributed by atoms with van der Waals surface area (Å²) in [6, 6.07) is 2.58. The lowest BCUT2D eigenvalue weighted by atomic mass is 10.1. The molecular formula is C8H7Cl2F2N. The highest BCUT2D eigenvalue weighted by Crippen LogP contribution is 2.31. The maximum Gasteiger partial charge on any atom is 0.264 e. The average molecular weight is 226 g/mol. The molecule has 0 saturated heterocycles. The van der Waals surface area contributed by atoms with Crippen molar-refractivity contribution in [3.05, 3.63) is 33.3 Å². The van der Waals surface area contributed by atoms with Crippen LogP contribution in [0.2, 0.25) is 10.0 Å². The van der Waals surface area contributed by atoms with E-state index in [4.69, 9.17) is 28.9 Å². The van der Waals surface area contributed by atoms with Gasteiger partial charge in [-0.15, -0.1) is 0 Å². The number of rotatable bonds is 2. The molecule has 0 radical (unpaired) electrons. The third kappa shape index (κ3) is 2.30. The van der Waals surface area contributed by atoms with Crippen LogP contribution < -0.4 is 5.73 Å². The van der Waals surface area contributed by atoms with E-state index >= 15 is 0 Å². The second-order valence-corrected chi connectivity index (χ2v) is 3.30. The highest BCUT2D eigenvalue weighted by Gasteiger charge is 2.15. The summed E-state index contributed by atoms with van der Waals surface area (Å²) in [6.45, 7) is -0.0182. The van der Waals surface area contributed by atoms with Crippen molar-refractivity contribution in [2.45, 2.75) is 13.0 Å². The molecule has 0 saturated carbocycles. The predicted octanol–water partition coefficient (Wildman–Crippen LogP) is 3.39. The molecule has 0 amide bonds. The quantitative estimate of drug-likeness (QED) is 0.821. The van der Waals surface area contributed by atoms with Gasteiger partial charge in [-0.1, -0.05) is 23.2 Å². The molecule has 0 fully saturated rings. The Morgan fingerprint density at radius 3 is 2.38 bits per heavy atom. The molecule has 0 spiro atoms. The fourth-order valence-electron chi connectivity index (χ4n) is 1.03. The molecule has 0 heterocycles. The fraction of sp³-hybridized carbons (Fsp3) is 0.250. The van der Waals surface area contributed by atoms with Gasteiger partial charge in [-0.05, 0) is 17.7 Å². The molecule has 0 aliphatic rings. The molecule has 5 heteroatoms. The van der Waals surface area contributed by atoms with E-state index in [1.807, 2.05) is 0 Å². The minimum absolute atomic E-state index is 0.0182. The van der Waals surface area contributed by atoms with Crippen molar-refractivity contribution in [2.24, 2.45) is 5.73 Å². The van der Waals surface area contributed by atoms with Crippen molar-refractivity contribution in [2.75, 3.05) is 0 Å². The number of nitrogens with two attached hydrogens (primary N) is 1. The summed E-state index contributed by atoms with van der Waals surface area (Å²) in [5.41, 5.74) is 5.34. The molecule has 0 unspecified atom stereocenters. The minimum Gasteiger partial charge on any atom is -0.326 e. The summed E-state index contributed by atoms with van der Waals surface area (Å²) in [4.78, 5) is 0. The minimum atomic E-state index is -2.60. The first-order valence-corrected chi connectivity index (χ1v) is 4.28. The zero-order chi connectivity index (χ0) is 10.0. The summed E-state index contributed by atoms with van der Waals surface area (Å²) in [5, 5.41) is 0.378. The van der Waals surface area contributed by atoms with Gasteiger partial charge in [0.15, 0.2) is 0 Å². The predicted molar refractivity (Wildman–Crippen MR) is 49.3 cm³/mol. The van der Waals surface area contributed by atoms with Crippen LogP contribution in [0.1, 0.15) is 17.6 Å². The molecular weight excluding hydrogens is 219 g/mol. The van der Waals surface area contributed by atoms with Crippen LogP contribution in [0.4, 0.5) is 8.78 Å². The first kappa shape index (κ1) is 10.7. The topological polar surface area (TPSA) is 26.0 Å². The van der Waals surface area contributed by atoms with Crippen molar-refractivity contribution in [3.63, 3.8) is 0 Å². The lowest BCUT2D eigenvalue weighted by Gasteiger charge is -2.09. The first-order valence-electron chi connectivity index (χ1n) is 3.52. The van der Waals surface area contributed by atoms with E-state index in [1.54, 1.807) is 0 Å². The Hall–Kier alpha value is -0.380. The van der Waals surface area contributed by atoms with Crippen molar-refractivity contribution >= 4 is 23.2 Å². The van der Waals surface area contributed by atoms with Crippen LogP contribution in [0.5, 0.6) is 0 Å². The monoisotopic (exact) mass is 225 g/mol. The number of hydrogen-bond acceptors (Lipinski definition) is 1. The molecule has 0 aliphatic heterocycles. The van der Waals surface area contributed by atoms with E-state index in [-0.39, 0.29) is 27.7 Å². The van der Waals surface area contributed by atoms with Crippen LogP contribution in [0.3, 0.4) is 0 Å². The Morgan fingerprint density at radius 1 is 1.31 bits per heavy atom. The number of hydrogen-bond donors (Lipinski definition) is 1. The Labute approximate surface area is 84.4 Å². The highest BCUT2D eigenvalue weighted by atomic mass is 35.5. The summed E-state index contributed by atoms with van der Waals surface area (Å²) < 4.78 is 24.8. The van der Waals surface area contributed by atoms with E-state index in [0.29, 0.717) is 0 Å².